The SMILES string of the molecule is O=[N+]([O-])c1c(Nc2ccc(F)cc2)ncnc1N1CCC(Cc2ccccc2)CC1. The van der Waals surface area contributed by atoms with Crippen LogP contribution in [0.1, 0.15) is 18.4 Å². The molecule has 1 saturated heterocycles. The third kappa shape index (κ3) is 4.53. The Balaban J connectivity index is 1.50. The van der Waals surface area contributed by atoms with Crippen LogP contribution in [0.15, 0.2) is 60.9 Å². The number of anilines is 3. The predicted octanol–water partition coefficient (Wildman–Crippen LogP) is 4.73. The molecule has 3 aromatic rings. The van der Waals surface area contributed by atoms with Gasteiger partial charge in [-0.05, 0) is 55.0 Å². The second kappa shape index (κ2) is 8.86. The van der Waals surface area contributed by atoms with Gasteiger partial charge in [0.15, 0.2) is 0 Å². The van der Waals surface area contributed by atoms with E-state index >= 15 is 0 Å². The Kier molecular flexibility index (Phi) is 5.83. The molecule has 1 fully saturated rings. The molecule has 1 aromatic heterocycles. The van der Waals surface area contributed by atoms with Gasteiger partial charge in [0.2, 0.25) is 11.6 Å². The van der Waals surface area contributed by atoms with Gasteiger partial charge in [-0.1, -0.05) is 30.3 Å². The summed E-state index contributed by atoms with van der Waals surface area (Å²) in [6, 6.07) is 16.0. The van der Waals surface area contributed by atoms with Crippen molar-refractivity contribution in [3.63, 3.8) is 0 Å². The molecule has 0 bridgehead atoms. The summed E-state index contributed by atoms with van der Waals surface area (Å²) in [5.41, 5.74) is 1.67. The molecule has 0 spiro atoms. The summed E-state index contributed by atoms with van der Waals surface area (Å²) in [5, 5.41) is 14.7. The first kappa shape index (κ1) is 19.8. The molecule has 0 aliphatic carbocycles. The van der Waals surface area contributed by atoms with Crippen LogP contribution >= 0.6 is 0 Å². The number of hydrogen-bond donors (Lipinski definition) is 1. The first-order valence-electron chi connectivity index (χ1n) is 9.91. The predicted molar refractivity (Wildman–Crippen MR) is 113 cm³/mol. The summed E-state index contributed by atoms with van der Waals surface area (Å²) in [5.74, 6) is 0.582. The Morgan fingerprint density at radius 3 is 2.43 bits per heavy atom. The average Bonchev–Trinajstić information content (AvgIpc) is 2.76. The molecule has 4 rings (SSSR count). The van der Waals surface area contributed by atoms with E-state index in [-0.39, 0.29) is 17.3 Å². The number of hydrogen-bond acceptors (Lipinski definition) is 6. The Hall–Kier alpha value is -3.55. The van der Waals surface area contributed by atoms with Crippen molar-refractivity contribution in [1.29, 1.82) is 0 Å². The zero-order chi connectivity index (χ0) is 20.9. The molecule has 0 unspecified atom stereocenters. The molecule has 154 valence electrons. The second-order valence-electron chi connectivity index (χ2n) is 7.40. The first-order valence-corrected chi connectivity index (χ1v) is 9.91. The van der Waals surface area contributed by atoms with E-state index in [0.29, 0.717) is 30.5 Å². The van der Waals surface area contributed by atoms with Gasteiger partial charge in [0, 0.05) is 18.8 Å². The molecular weight excluding hydrogens is 385 g/mol. The average molecular weight is 407 g/mol. The highest BCUT2D eigenvalue weighted by atomic mass is 19.1. The monoisotopic (exact) mass is 407 g/mol. The van der Waals surface area contributed by atoms with E-state index in [0.717, 1.165) is 19.3 Å². The normalized spacial score (nSPS) is 14.5. The van der Waals surface area contributed by atoms with Crippen molar-refractivity contribution < 1.29 is 9.31 Å². The molecule has 2 heterocycles. The quantitative estimate of drug-likeness (QED) is 0.470. The summed E-state index contributed by atoms with van der Waals surface area (Å²) in [6.07, 6.45) is 4.22. The van der Waals surface area contributed by atoms with Crippen LogP contribution in [0.3, 0.4) is 0 Å². The molecular formula is C22H22FN5O2. The maximum absolute atomic E-state index is 13.1. The third-order valence-electron chi connectivity index (χ3n) is 5.37. The van der Waals surface area contributed by atoms with Gasteiger partial charge in [0.25, 0.3) is 0 Å². The zero-order valence-corrected chi connectivity index (χ0v) is 16.4. The van der Waals surface area contributed by atoms with Crippen molar-refractivity contribution in [2.75, 3.05) is 23.3 Å². The minimum atomic E-state index is -0.461. The first-order chi connectivity index (χ1) is 14.6. The van der Waals surface area contributed by atoms with Crippen molar-refractivity contribution >= 4 is 23.0 Å². The van der Waals surface area contributed by atoms with Gasteiger partial charge in [0.1, 0.15) is 12.1 Å². The lowest BCUT2D eigenvalue weighted by Gasteiger charge is -2.32. The zero-order valence-electron chi connectivity index (χ0n) is 16.4. The van der Waals surface area contributed by atoms with Crippen molar-refractivity contribution in [3.05, 3.63) is 82.4 Å². The highest BCUT2D eigenvalue weighted by Crippen LogP contribution is 2.35. The molecule has 1 N–H and O–H groups in total. The smallest absolute Gasteiger partial charge is 0.351 e. The van der Waals surface area contributed by atoms with E-state index in [2.05, 4.69) is 27.4 Å². The number of piperidine rings is 1. The topological polar surface area (TPSA) is 84.2 Å². The number of nitro groups is 1. The molecule has 2 aromatic carbocycles. The molecule has 0 atom stereocenters. The maximum atomic E-state index is 13.1. The van der Waals surface area contributed by atoms with Crippen LogP contribution in [0, 0.1) is 21.8 Å². The Morgan fingerprint density at radius 2 is 1.77 bits per heavy atom. The molecule has 7 nitrogen and oxygen atoms in total. The summed E-state index contributed by atoms with van der Waals surface area (Å²) in [7, 11) is 0. The fourth-order valence-corrected chi connectivity index (χ4v) is 3.83. The maximum Gasteiger partial charge on any atom is 0.353 e. The van der Waals surface area contributed by atoms with E-state index in [4.69, 9.17) is 0 Å². The van der Waals surface area contributed by atoms with Gasteiger partial charge < -0.3 is 10.2 Å². The second-order valence-corrected chi connectivity index (χ2v) is 7.40. The van der Waals surface area contributed by atoms with Gasteiger partial charge in [-0.15, -0.1) is 0 Å². The number of aromatic nitrogens is 2. The van der Waals surface area contributed by atoms with Gasteiger partial charge in [-0.3, -0.25) is 10.1 Å². The Bertz CT molecular complexity index is 1010. The molecule has 1 aliphatic rings. The van der Waals surface area contributed by atoms with Gasteiger partial charge in [0.05, 0.1) is 4.92 Å². The van der Waals surface area contributed by atoms with Crippen LogP contribution in [0.4, 0.5) is 27.4 Å². The summed E-state index contributed by atoms with van der Waals surface area (Å²) in [6.45, 7) is 1.40. The molecule has 0 saturated carbocycles. The standard InChI is InChI=1S/C22H22FN5O2/c23-18-6-8-19(9-7-18)26-21-20(28(29)30)22(25-15-24-21)27-12-10-17(11-13-27)14-16-4-2-1-3-5-16/h1-9,15,17H,10-14H2,(H,24,25,26). The van der Waals surface area contributed by atoms with Crippen LogP contribution in [-0.2, 0) is 6.42 Å². The van der Waals surface area contributed by atoms with Crippen LogP contribution in [0.2, 0.25) is 0 Å². The van der Waals surface area contributed by atoms with Crippen molar-refractivity contribution in [1.82, 2.24) is 9.97 Å². The summed E-state index contributed by atoms with van der Waals surface area (Å²) in [4.78, 5) is 21.6. The van der Waals surface area contributed by atoms with Gasteiger partial charge in [-0.2, -0.15) is 0 Å². The molecule has 8 heteroatoms. The van der Waals surface area contributed by atoms with Crippen molar-refractivity contribution in [3.8, 4) is 0 Å². The minimum Gasteiger partial charge on any atom is -0.351 e. The summed E-state index contributed by atoms with van der Waals surface area (Å²) >= 11 is 0. The molecule has 0 amide bonds. The van der Waals surface area contributed by atoms with Gasteiger partial charge in [-0.25, -0.2) is 14.4 Å². The molecule has 1 aliphatic heterocycles. The van der Waals surface area contributed by atoms with E-state index in [9.17, 15) is 14.5 Å². The number of rotatable bonds is 6. The highest BCUT2D eigenvalue weighted by Gasteiger charge is 2.30. The molecule has 0 radical (unpaired) electrons. The minimum absolute atomic E-state index is 0.100. The van der Waals surface area contributed by atoms with E-state index in [1.165, 1.54) is 36.2 Å². The Morgan fingerprint density at radius 1 is 1.07 bits per heavy atom. The lowest BCUT2D eigenvalue weighted by Crippen LogP contribution is -2.35. The van der Waals surface area contributed by atoms with Crippen molar-refractivity contribution in [2.24, 2.45) is 5.92 Å². The number of benzene rings is 2. The lowest BCUT2D eigenvalue weighted by atomic mass is 9.90. The van der Waals surface area contributed by atoms with E-state index in [1.54, 1.807) is 0 Å². The number of nitrogens with zero attached hydrogens (tertiary/aromatic N) is 4. The van der Waals surface area contributed by atoms with Crippen molar-refractivity contribution in [2.45, 2.75) is 19.3 Å². The fraction of sp³-hybridized carbons (Fsp3) is 0.273. The highest BCUT2D eigenvalue weighted by molar-refractivity contribution is 5.74. The number of halogens is 1. The number of nitrogens with one attached hydrogen (secondary N) is 1. The Labute approximate surface area is 173 Å². The molecule has 30 heavy (non-hydrogen) atoms. The third-order valence-corrected chi connectivity index (χ3v) is 5.37. The van der Waals surface area contributed by atoms with Crippen LogP contribution in [-0.4, -0.2) is 28.0 Å². The van der Waals surface area contributed by atoms with E-state index < -0.39 is 4.92 Å². The van der Waals surface area contributed by atoms with Gasteiger partial charge >= 0.3 is 5.69 Å². The fourth-order valence-electron chi connectivity index (χ4n) is 3.83. The van der Waals surface area contributed by atoms with Crippen LogP contribution in [0.25, 0.3) is 0 Å². The van der Waals surface area contributed by atoms with Crippen LogP contribution in [0.5, 0.6) is 0 Å². The largest absolute Gasteiger partial charge is 0.353 e. The lowest BCUT2D eigenvalue weighted by molar-refractivity contribution is -0.383. The summed E-state index contributed by atoms with van der Waals surface area (Å²) < 4.78 is 13.1. The van der Waals surface area contributed by atoms with Crippen LogP contribution < -0.4 is 10.2 Å². The van der Waals surface area contributed by atoms with E-state index in [1.807, 2.05) is 23.1 Å².